The van der Waals surface area contributed by atoms with Gasteiger partial charge in [0, 0.05) is 6.61 Å². The molecule has 1 amide bonds. The van der Waals surface area contributed by atoms with E-state index in [1.165, 1.54) is 5.06 Å². The van der Waals surface area contributed by atoms with Crippen molar-refractivity contribution < 1.29 is 14.7 Å². The molecule has 4 nitrogen and oxygen atoms in total. The summed E-state index contributed by atoms with van der Waals surface area (Å²) in [5.41, 5.74) is 0. The van der Waals surface area contributed by atoms with Gasteiger partial charge in [0.1, 0.15) is 0 Å². The Labute approximate surface area is 65.7 Å². The second kappa shape index (κ2) is 3.69. The molecule has 0 aliphatic carbocycles. The number of carbonyl (C=O) groups excluding carboxylic acids is 1. The van der Waals surface area contributed by atoms with Crippen molar-refractivity contribution in [1.82, 2.24) is 5.06 Å². The summed E-state index contributed by atoms with van der Waals surface area (Å²) < 4.78 is 0. The minimum absolute atomic E-state index is 0.00110. The van der Waals surface area contributed by atoms with Crippen LogP contribution in [0.4, 0.5) is 0 Å². The second-order valence-corrected chi connectivity index (χ2v) is 2.69. The van der Waals surface area contributed by atoms with Crippen molar-refractivity contribution >= 4 is 5.91 Å². The molecule has 1 saturated heterocycles. The minimum atomic E-state index is 0.00110. The van der Waals surface area contributed by atoms with Crippen molar-refractivity contribution in [3.05, 3.63) is 0 Å². The molecule has 11 heavy (non-hydrogen) atoms. The maximum atomic E-state index is 11.0. The molecule has 1 aliphatic heterocycles. The standard InChI is InChI=1S/C7H13NO3/c1-6-5-7(10)8(11-6)3-2-4-9/h6,9H,2-5H2,1H3. The highest BCUT2D eigenvalue weighted by molar-refractivity contribution is 5.76. The summed E-state index contributed by atoms with van der Waals surface area (Å²) in [5.74, 6) is 0.0194. The van der Waals surface area contributed by atoms with E-state index >= 15 is 0 Å². The lowest BCUT2D eigenvalue weighted by atomic mass is 10.3. The van der Waals surface area contributed by atoms with Gasteiger partial charge in [0.25, 0.3) is 0 Å². The normalized spacial score (nSPS) is 24.7. The summed E-state index contributed by atoms with van der Waals surface area (Å²) in [5, 5.41) is 9.82. The summed E-state index contributed by atoms with van der Waals surface area (Å²) in [6, 6.07) is 0. The number of aliphatic hydroxyl groups is 1. The number of hydrogen-bond donors (Lipinski definition) is 1. The highest BCUT2D eigenvalue weighted by Crippen LogP contribution is 2.13. The molecule has 0 aromatic rings. The molecule has 1 N–H and O–H groups in total. The molecule has 64 valence electrons. The molecule has 1 aliphatic rings. The third kappa shape index (κ3) is 2.17. The maximum absolute atomic E-state index is 11.0. The average molecular weight is 159 g/mol. The molecule has 1 fully saturated rings. The van der Waals surface area contributed by atoms with Crippen LogP contribution in [0, 0.1) is 0 Å². The summed E-state index contributed by atoms with van der Waals surface area (Å²) in [4.78, 5) is 16.2. The Morgan fingerprint density at radius 2 is 2.55 bits per heavy atom. The van der Waals surface area contributed by atoms with Crippen LogP contribution in [0.1, 0.15) is 19.8 Å². The minimum Gasteiger partial charge on any atom is -0.396 e. The number of aliphatic hydroxyl groups excluding tert-OH is 1. The average Bonchev–Trinajstić information content (AvgIpc) is 2.26. The van der Waals surface area contributed by atoms with Crippen LogP contribution in [0.15, 0.2) is 0 Å². The van der Waals surface area contributed by atoms with Crippen molar-refractivity contribution in [2.75, 3.05) is 13.2 Å². The summed E-state index contributed by atoms with van der Waals surface area (Å²) in [7, 11) is 0. The molecule has 0 aromatic heterocycles. The predicted octanol–water partition coefficient (Wildman–Crippen LogP) is -0.0788. The summed E-state index contributed by atoms with van der Waals surface area (Å²) >= 11 is 0. The zero-order valence-electron chi connectivity index (χ0n) is 6.62. The highest BCUT2D eigenvalue weighted by Gasteiger charge is 2.26. The van der Waals surface area contributed by atoms with Gasteiger partial charge in [-0.25, -0.2) is 5.06 Å². The first kappa shape index (κ1) is 8.49. The fourth-order valence-corrected chi connectivity index (χ4v) is 1.05. The molecule has 0 radical (unpaired) electrons. The Balaban J connectivity index is 2.29. The summed E-state index contributed by atoms with van der Waals surface area (Å²) in [6.45, 7) is 2.46. The quantitative estimate of drug-likeness (QED) is 0.626. The van der Waals surface area contributed by atoms with Crippen LogP contribution in [0.2, 0.25) is 0 Å². The lowest BCUT2D eigenvalue weighted by Crippen LogP contribution is -2.25. The van der Waals surface area contributed by atoms with Gasteiger partial charge in [0.2, 0.25) is 5.91 Å². The number of rotatable bonds is 3. The zero-order chi connectivity index (χ0) is 8.27. The Hall–Kier alpha value is -0.610. The molecular formula is C7H13NO3. The van der Waals surface area contributed by atoms with Crippen LogP contribution < -0.4 is 0 Å². The first-order valence-corrected chi connectivity index (χ1v) is 3.82. The Bertz CT molecular complexity index is 149. The molecule has 0 saturated carbocycles. The lowest BCUT2D eigenvalue weighted by molar-refractivity contribution is -0.171. The highest BCUT2D eigenvalue weighted by atomic mass is 16.7. The van der Waals surface area contributed by atoms with E-state index in [1.807, 2.05) is 6.92 Å². The van der Waals surface area contributed by atoms with E-state index in [-0.39, 0.29) is 18.6 Å². The van der Waals surface area contributed by atoms with Crippen molar-refractivity contribution in [3.63, 3.8) is 0 Å². The first-order valence-electron chi connectivity index (χ1n) is 3.82. The van der Waals surface area contributed by atoms with Gasteiger partial charge in [-0.2, -0.15) is 0 Å². The van der Waals surface area contributed by atoms with Crippen LogP contribution in [-0.2, 0) is 9.63 Å². The molecule has 1 atom stereocenters. The molecule has 1 rings (SSSR count). The van der Waals surface area contributed by atoms with Crippen molar-refractivity contribution in [1.29, 1.82) is 0 Å². The van der Waals surface area contributed by atoms with Gasteiger partial charge < -0.3 is 5.11 Å². The molecule has 0 bridgehead atoms. The molecule has 1 unspecified atom stereocenters. The van der Waals surface area contributed by atoms with E-state index in [2.05, 4.69) is 0 Å². The van der Waals surface area contributed by atoms with Gasteiger partial charge in [0.05, 0.1) is 19.1 Å². The fourth-order valence-electron chi connectivity index (χ4n) is 1.05. The third-order valence-corrected chi connectivity index (χ3v) is 1.57. The predicted molar refractivity (Wildman–Crippen MR) is 38.6 cm³/mol. The van der Waals surface area contributed by atoms with Gasteiger partial charge in [-0.15, -0.1) is 0 Å². The van der Waals surface area contributed by atoms with Gasteiger partial charge in [-0.1, -0.05) is 0 Å². The first-order chi connectivity index (χ1) is 5.24. The van der Waals surface area contributed by atoms with E-state index in [1.54, 1.807) is 0 Å². The number of nitrogens with zero attached hydrogens (tertiary/aromatic N) is 1. The molecule has 0 spiro atoms. The van der Waals surface area contributed by atoms with Crippen LogP contribution in [0.3, 0.4) is 0 Å². The second-order valence-electron chi connectivity index (χ2n) is 2.69. The van der Waals surface area contributed by atoms with Crippen molar-refractivity contribution in [3.8, 4) is 0 Å². The third-order valence-electron chi connectivity index (χ3n) is 1.57. The number of carbonyl (C=O) groups is 1. The van der Waals surface area contributed by atoms with Gasteiger partial charge >= 0.3 is 0 Å². The van der Waals surface area contributed by atoms with E-state index in [0.717, 1.165) is 0 Å². The molecule has 4 heteroatoms. The lowest BCUT2D eigenvalue weighted by Gasteiger charge is -2.13. The van der Waals surface area contributed by atoms with Gasteiger partial charge in [-0.3, -0.25) is 9.63 Å². The van der Waals surface area contributed by atoms with Crippen molar-refractivity contribution in [2.24, 2.45) is 0 Å². The Kier molecular flexibility index (Phi) is 2.84. The van der Waals surface area contributed by atoms with E-state index < -0.39 is 0 Å². The SMILES string of the molecule is CC1CC(=O)N(CCCO)O1. The number of hydroxylamine groups is 2. The van der Waals surface area contributed by atoms with Crippen LogP contribution in [0.25, 0.3) is 0 Å². The maximum Gasteiger partial charge on any atom is 0.248 e. The number of hydrogen-bond acceptors (Lipinski definition) is 3. The van der Waals surface area contributed by atoms with E-state index in [9.17, 15) is 4.79 Å². The van der Waals surface area contributed by atoms with Gasteiger partial charge in [0.15, 0.2) is 0 Å². The fraction of sp³-hybridized carbons (Fsp3) is 0.857. The van der Waals surface area contributed by atoms with Crippen LogP contribution in [0.5, 0.6) is 0 Å². The molecular weight excluding hydrogens is 146 g/mol. The topological polar surface area (TPSA) is 49.8 Å². The molecule has 1 heterocycles. The molecule has 0 aromatic carbocycles. The Morgan fingerprint density at radius 1 is 1.82 bits per heavy atom. The van der Waals surface area contributed by atoms with E-state index in [0.29, 0.717) is 19.4 Å². The van der Waals surface area contributed by atoms with Gasteiger partial charge in [-0.05, 0) is 13.3 Å². The van der Waals surface area contributed by atoms with Crippen LogP contribution >= 0.6 is 0 Å². The van der Waals surface area contributed by atoms with Crippen molar-refractivity contribution in [2.45, 2.75) is 25.9 Å². The smallest absolute Gasteiger partial charge is 0.248 e. The largest absolute Gasteiger partial charge is 0.396 e. The van der Waals surface area contributed by atoms with Crippen LogP contribution in [-0.4, -0.2) is 35.3 Å². The number of amides is 1. The monoisotopic (exact) mass is 159 g/mol. The summed E-state index contributed by atoms with van der Waals surface area (Å²) in [6.07, 6.45) is 1.05. The zero-order valence-corrected chi connectivity index (χ0v) is 6.62. The Morgan fingerprint density at radius 3 is 3.00 bits per heavy atom. The van der Waals surface area contributed by atoms with E-state index in [4.69, 9.17) is 9.94 Å².